The zero-order valence-corrected chi connectivity index (χ0v) is 15.0. The van der Waals surface area contributed by atoms with Gasteiger partial charge >= 0.3 is 0 Å². The van der Waals surface area contributed by atoms with E-state index in [9.17, 15) is 4.79 Å². The number of hydrogen-bond acceptors (Lipinski definition) is 4. The van der Waals surface area contributed by atoms with Crippen LogP contribution in [0.25, 0.3) is 22.1 Å². The first kappa shape index (κ1) is 16.9. The molecule has 3 aromatic rings. The van der Waals surface area contributed by atoms with E-state index in [-0.39, 0.29) is 5.43 Å². The standard InChI is InChI=1S/C22H23NO3/c1-2-22(10-11-22)23-12-13-25-17-8-9-18-20(14-17)26-15-19(21(18)24)16-6-4-3-5-7-16/h3-9,14-15,23H,2,10-13H2,1H3. The van der Waals surface area contributed by atoms with Crippen LogP contribution in [0.2, 0.25) is 0 Å². The molecule has 1 N–H and O–H groups in total. The number of benzene rings is 2. The smallest absolute Gasteiger partial charge is 0.200 e. The molecule has 1 saturated carbocycles. The third kappa shape index (κ3) is 3.37. The Kier molecular flexibility index (Phi) is 4.51. The fourth-order valence-electron chi connectivity index (χ4n) is 3.31. The Hall–Kier alpha value is -2.59. The van der Waals surface area contributed by atoms with E-state index in [1.54, 1.807) is 12.1 Å². The molecule has 2 aromatic carbocycles. The van der Waals surface area contributed by atoms with E-state index in [1.165, 1.54) is 19.1 Å². The molecule has 0 bridgehead atoms. The Morgan fingerprint density at radius 1 is 1.15 bits per heavy atom. The molecule has 0 radical (unpaired) electrons. The fourth-order valence-corrected chi connectivity index (χ4v) is 3.31. The first-order valence-corrected chi connectivity index (χ1v) is 9.20. The van der Waals surface area contributed by atoms with Crippen molar-refractivity contribution in [3.8, 4) is 16.9 Å². The van der Waals surface area contributed by atoms with Gasteiger partial charge in [0.05, 0.1) is 10.9 Å². The lowest BCUT2D eigenvalue weighted by atomic mass is 10.1. The second-order valence-corrected chi connectivity index (χ2v) is 6.91. The summed E-state index contributed by atoms with van der Waals surface area (Å²) in [5.41, 5.74) is 2.31. The van der Waals surface area contributed by atoms with Gasteiger partial charge in [0.1, 0.15) is 24.2 Å². The largest absolute Gasteiger partial charge is 0.492 e. The molecule has 26 heavy (non-hydrogen) atoms. The monoisotopic (exact) mass is 349 g/mol. The maximum Gasteiger partial charge on any atom is 0.200 e. The molecular weight excluding hydrogens is 326 g/mol. The summed E-state index contributed by atoms with van der Waals surface area (Å²) in [4.78, 5) is 12.7. The normalized spacial score (nSPS) is 15.1. The molecule has 4 heteroatoms. The van der Waals surface area contributed by atoms with Gasteiger partial charge in [-0.25, -0.2) is 0 Å². The van der Waals surface area contributed by atoms with Crippen LogP contribution in [-0.4, -0.2) is 18.7 Å². The quantitative estimate of drug-likeness (QED) is 0.644. The minimum absolute atomic E-state index is 0.0238. The van der Waals surface area contributed by atoms with Crippen LogP contribution in [0.5, 0.6) is 5.75 Å². The van der Waals surface area contributed by atoms with Crippen molar-refractivity contribution in [3.05, 3.63) is 65.0 Å². The topological polar surface area (TPSA) is 51.5 Å². The second kappa shape index (κ2) is 6.96. The highest BCUT2D eigenvalue weighted by molar-refractivity contribution is 5.82. The predicted molar refractivity (Wildman–Crippen MR) is 104 cm³/mol. The average Bonchev–Trinajstić information content (AvgIpc) is 3.47. The van der Waals surface area contributed by atoms with Crippen LogP contribution in [0.4, 0.5) is 0 Å². The Morgan fingerprint density at radius 3 is 2.69 bits per heavy atom. The van der Waals surface area contributed by atoms with E-state index < -0.39 is 0 Å². The van der Waals surface area contributed by atoms with Gasteiger partial charge in [0.2, 0.25) is 0 Å². The first-order valence-electron chi connectivity index (χ1n) is 9.20. The van der Waals surface area contributed by atoms with Gasteiger partial charge in [0, 0.05) is 18.2 Å². The molecule has 1 aromatic heterocycles. The lowest BCUT2D eigenvalue weighted by molar-refractivity contribution is 0.300. The third-order valence-electron chi connectivity index (χ3n) is 5.23. The zero-order chi connectivity index (χ0) is 18.0. The van der Waals surface area contributed by atoms with Crippen molar-refractivity contribution in [3.63, 3.8) is 0 Å². The van der Waals surface area contributed by atoms with Gasteiger partial charge in [-0.15, -0.1) is 0 Å². The van der Waals surface area contributed by atoms with Crippen LogP contribution in [0, 0.1) is 0 Å². The molecule has 1 aliphatic carbocycles. The predicted octanol–water partition coefficient (Wildman–Crippen LogP) is 4.37. The molecule has 1 aliphatic rings. The van der Waals surface area contributed by atoms with Gasteiger partial charge < -0.3 is 14.5 Å². The van der Waals surface area contributed by atoms with Crippen LogP contribution in [-0.2, 0) is 0 Å². The highest BCUT2D eigenvalue weighted by atomic mass is 16.5. The molecule has 1 heterocycles. The molecule has 0 unspecified atom stereocenters. The molecule has 0 saturated heterocycles. The summed E-state index contributed by atoms with van der Waals surface area (Å²) in [6.45, 7) is 3.64. The molecule has 0 amide bonds. The SMILES string of the molecule is CCC1(NCCOc2ccc3c(=O)c(-c4ccccc4)coc3c2)CC1. The van der Waals surface area contributed by atoms with Crippen molar-refractivity contribution in [2.45, 2.75) is 31.7 Å². The minimum atomic E-state index is -0.0238. The van der Waals surface area contributed by atoms with Crippen molar-refractivity contribution >= 4 is 11.0 Å². The minimum Gasteiger partial charge on any atom is -0.492 e. The molecule has 1 fully saturated rings. The Morgan fingerprint density at radius 2 is 1.96 bits per heavy atom. The van der Waals surface area contributed by atoms with Crippen LogP contribution < -0.4 is 15.5 Å². The number of fused-ring (bicyclic) bond motifs is 1. The van der Waals surface area contributed by atoms with Crippen molar-refractivity contribution in [2.75, 3.05) is 13.2 Å². The Labute approximate surface area is 152 Å². The number of rotatable bonds is 7. The number of nitrogens with one attached hydrogen (secondary N) is 1. The van der Waals surface area contributed by atoms with Crippen LogP contribution in [0.1, 0.15) is 26.2 Å². The molecule has 4 nitrogen and oxygen atoms in total. The Bertz CT molecular complexity index is 958. The number of ether oxygens (including phenoxy) is 1. The second-order valence-electron chi connectivity index (χ2n) is 6.91. The van der Waals surface area contributed by atoms with Gasteiger partial charge in [-0.05, 0) is 37.0 Å². The first-order chi connectivity index (χ1) is 12.7. The van der Waals surface area contributed by atoms with Crippen molar-refractivity contribution in [1.29, 1.82) is 0 Å². The summed E-state index contributed by atoms with van der Waals surface area (Å²) in [5, 5.41) is 4.13. The summed E-state index contributed by atoms with van der Waals surface area (Å²) in [5.74, 6) is 0.719. The van der Waals surface area contributed by atoms with Gasteiger partial charge in [-0.1, -0.05) is 37.3 Å². The van der Waals surface area contributed by atoms with Gasteiger partial charge in [0.25, 0.3) is 0 Å². The molecule has 0 aliphatic heterocycles. The molecule has 0 atom stereocenters. The lowest BCUT2D eigenvalue weighted by Crippen LogP contribution is -2.33. The van der Waals surface area contributed by atoms with Gasteiger partial charge in [0.15, 0.2) is 5.43 Å². The van der Waals surface area contributed by atoms with Gasteiger partial charge in [-0.2, -0.15) is 0 Å². The highest BCUT2D eigenvalue weighted by Crippen LogP contribution is 2.38. The van der Waals surface area contributed by atoms with Crippen LogP contribution >= 0.6 is 0 Å². The van der Waals surface area contributed by atoms with Gasteiger partial charge in [-0.3, -0.25) is 4.79 Å². The molecule has 134 valence electrons. The molecule has 0 spiro atoms. The van der Waals surface area contributed by atoms with Crippen LogP contribution in [0.15, 0.2) is 64.0 Å². The maximum absolute atomic E-state index is 12.7. The maximum atomic E-state index is 12.7. The van der Waals surface area contributed by atoms with E-state index in [1.807, 2.05) is 36.4 Å². The van der Waals surface area contributed by atoms with Crippen LogP contribution in [0.3, 0.4) is 0 Å². The van der Waals surface area contributed by atoms with E-state index in [4.69, 9.17) is 9.15 Å². The lowest BCUT2D eigenvalue weighted by Gasteiger charge is -2.15. The van der Waals surface area contributed by atoms with E-state index in [0.29, 0.717) is 28.7 Å². The summed E-state index contributed by atoms with van der Waals surface area (Å²) >= 11 is 0. The third-order valence-corrected chi connectivity index (χ3v) is 5.23. The average molecular weight is 349 g/mol. The summed E-state index contributed by atoms with van der Waals surface area (Å²) < 4.78 is 11.5. The summed E-state index contributed by atoms with van der Waals surface area (Å²) in [6.07, 6.45) is 5.21. The highest BCUT2D eigenvalue weighted by Gasteiger charge is 2.39. The Balaban J connectivity index is 1.48. The number of hydrogen-bond donors (Lipinski definition) is 1. The molecular formula is C22H23NO3. The summed E-state index contributed by atoms with van der Waals surface area (Å²) in [7, 11) is 0. The molecule has 4 rings (SSSR count). The van der Waals surface area contributed by atoms with Crippen molar-refractivity contribution < 1.29 is 9.15 Å². The van der Waals surface area contributed by atoms with E-state index >= 15 is 0 Å². The zero-order valence-electron chi connectivity index (χ0n) is 15.0. The van der Waals surface area contributed by atoms with Crippen molar-refractivity contribution in [2.24, 2.45) is 0 Å². The fraction of sp³-hybridized carbons (Fsp3) is 0.318. The summed E-state index contributed by atoms with van der Waals surface area (Å²) in [6, 6.07) is 15.0. The van der Waals surface area contributed by atoms with E-state index in [0.717, 1.165) is 24.3 Å². The van der Waals surface area contributed by atoms with Crippen molar-refractivity contribution in [1.82, 2.24) is 5.32 Å². The van der Waals surface area contributed by atoms with E-state index in [2.05, 4.69) is 12.2 Å².